The van der Waals surface area contributed by atoms with Gasteiger partial charge in [-0.1, -0.05) is 0 Å². The minimum atomic E-state index is 0. The van der Waals surface area contributed by atoms with Crippen molar-refractivity contribution in [1.29, 1.82) is 0 Å². The summed E-state index contributed by atoms with van der Waals surface area (Å²) in [5.41, 5.74) is 1.12. The van der Waals surface area contributed by atoms with Crippen molar-refractivity contribution in [2.24, 2.45) is 0 Å². The van der Waals surface area contributed by atoms with Crippen LogP contribution in [-0.4, -0.2) is 24.5 Å². The van der Waals surface area contributed by atoms with Crippen LogP contribution in [0.25, 0.3) is 0 Å². The fraction of sp³-hybridized carbons (Fsp3) is 0.583. The van der Waals surface area contributed by atoms with Gasteiger partial charge in [-0.25, -0.2) is 0 Å². The van der Waals surface area contributed by atoms with Gasteiger partial charge in [0.15, 0.2) is 0 Å². The molecular weight excluding hydrogens is 256 g/mol. The fourth-order valence-electron chi connectivity index (χ4n) is 2.12. The molecule has 2 atom stereocenters. The zero-order chi connectivity index (χ0) is 11.4. The van der Waals surface area contributed by atoms with E-state index in [-0.39, 0.29) is 18.3 Å². The molecule has 2 heterocycles. The molecular formula is C12H19ClN2OS. The Balaban J connectivity index is 0.00000144. The maximum atomic E-state index is 11.8. The Kier molecular flexibility index (Phi) is 5.95. The molecule has 0 spiro atoms. The van der Waals surface area contributed by atoms with E-state index in [9.17, 15) is 4.79 Å². The van der Waals surface area contributed by atoms with Crippen molar-refractivity contribution in [3.8, 4) is 0 Å². The molecule has 1 amide bonds. The first kappa shape index (κ1) is 14.5. The zero-order valence-corrected chi connectivity index (χ0v) is 11.6. The minimum Gasteiger partial charge on any atom is -0.353 e. The van der Waals surface area contributed by atoms with Gasteiger partial charge in [0.05, 0.1) is 6.42 Å². The van der Waals surface area contributed by atoms with Gasteiger partial charge in [0.2, 0.25) is 5.91 Å². The average Bonchev–Trinajstić information content (AvgIpc) is 2.70. The molecule has 0 aliphatic carbocycles. The van der Waals surface area contributed by atoms with Crippen molar-refractivity contribution in [2.75, 3.05) is 6.54 Å². The van der Waals surface area contributed by atoms with Crippen molar-refractivity contribution in [1.82, 2.24) is 10.6 Å². The van der Waals surface area contributed by atoms with Crippen LogP contribution in [0.1, 0.15) is 25.3 Å². The number of piperidine rings is 1. The maximum absolute atomic E-state index is 11.8. The zero-order valence-electron chi connectivity index (χ0n) is 9.94. The topological polar surface area (TPSA) is 41.1 Å². The molecule has 1 saturated heterocycles. The lowest BCUT2D eigenvalue weighted by Crippen LogP contribution is -2.46. The Morgan fingerprint density at radius 3 is 3.12 bits per heavy atom. The van der Waals surface area contributed by atoms with E-state index in [1.54, 1.807) is 11.3 Å². The van der Waals surface area contributed by atoms with Gasteiger partial charge in [0.25, 0.3) is 0 Å². The second-order valence-corrected chi connectivity index (χ2v) is 5.23. The highest BCUT2D eigenvalue weighted by molar-refractivity contribution is 7.07. The van der Waals surface area contributed by atoms with Gasteiger partial charge in [-0.05, 0) is 48.7 Å². The molecule has 0 saturated carbocycles. The molecule has 5 heteroatoms. The van der Waals surface area contributed by atoms with Gasteiger partial charge in [0.1, 0.15) is 0 Å². The first-order valence-corrected chi connectivity index (χ1v) is 6.72. The fourth-order valence-corrected chi connectivity index (χ4v) is 2.79. The van der Waals surface area contributed by atoms with Gasteiger partial charge < -0.3 is 10.6 Å². The third-order valence-corrected chi connectivity index (χ3v) is 3.67. The van der Waals surface area contributed by atoms with E-state index in [0.717, 1.165) is 24.9 Å². The summed E-state index contributed by atoms with van der Waals surface area (Å²) in [6, 6.07) is 2.87. The molecule has 0 aromatic carbocycles. The van der Waals surface area contributed by atoms with E-state index in [4.69, 9.17) is 0 Å². The molecule has 2 unspecified atom stereocenters. The van der Waals surface area contributed by atoms with Gasteiger partial charge in [-0.2, -0.15) is 11.3 Å². The Morgan fingerprint density at radius 1 is 1.65 bits per heavy atom. The summed E-state index contributed by atoms with van der Waals surface area (Å²) in [5, 5.41) is 10.5. The number of carbonyl (C=O) groups excluding carboxylic acids is 1. The van der Waals surface area contributed by atoms with Crippen molar-refractivity contribution < 1.29 is 4.79 Å². The van der Waals surface area contributed by atoms with Crippen LogP contribution < -0.4 is 10.6 Å². The second kappa shape index (κ2) is 6.99. The van der Waals surface area contributed by atoms with Crippen molar-refractivity contribution >= 4 is 29.7 Å². The summed E-state index contributed by atoms with van der Waals surface area (Å²) >= 11 is 1.64. The van der Waals surface area contributed by atoms with Crippen LogP contribution in [0.15, 0.2) is 16.8 Å². The molecule has 1 aliphatic heterocycles. The highest BCUT2D eigenvalue weighted by atomic mass is 35.5. The first-order chi connectivity index (χ1) is 7.74. The number of halogens is 1. The van der Waals surface area contributed by atoms with E-state index in [1.165, 1.54) is 0 Å². The maximum Gasteiger partial charge on any atom is 0.224 e. The molecule has 1 fully saturated rings. The molecule has 17 heavy (non-hydrogen) atoms. The van der Waals surface area contributed by atoms with Gasteiger partial charge >= 0.3 is 0 Å². The largest absolute Gasteiger partial charge is 0.353 e. The van der Waals surface area contributed by atoms with Crippen LogP contribution in [0.2, 0.25) is 0 Å². The van der Waals surface area contributed by atoms with Gasteiger partial charge in [0, 0.05) is 12.1 Å². The first-order valence-electron chi connectivity index (χ1n) is 5.78. The lowest BCUT2D eigenvalue weighted by Gasteiger charge is -2.28. The van der Waals surface area contributed by atoms with Crippen LogP contribution >= 0.6 is 23.7 Å². The van der Waals surface area contributed by atoms with Crippen LogP contribution in [0.5, 0.6) is 0 Å². The van der Waals surface area contributed by atoms with E-state index < -0.39 is 0 Å². The van der Waals surface area contributed by atoms with E-state index >= 15 is 0 Å². The quantitative estimate of drug-likeness (QED) is 0.885. The third kappa shape index (κ3) is 4.66. The Morgan fingerprint density at radius 2 is 2.47 bits per heavy atom. The molecule has 0 radical (unpaired) electrons. The lowest BCUT2D eigenvalue weighted by molar-refractivity contribution is -0.121. The molecule has 2 rings (SSSR count). The Hall–Kier alpha value is -0.580. The SMILES string of the molecule is CC1CC(NC(=O)Cc2ccsc2)CCN1.Cl. The summed E-state index contributed by atoms with van der Waals surface area (Å²) < 4.78 is 0. The molecule has 1 aromatic rings. The van der Waals surface area contributed by atoms with Crippen LogP contribution in [0, 0.1) is 0 Å². The predicted octanol–water partition coefficient (Wildman–Crippen LogP) is 1.97. The Labute approximate surface area is 112 Å². The van der Waals surface area contributed by atoms with Crippen LogP contribution in [0.4, 0.5) is 0 Å². The molecule has 96 valence electrons. The monoisotopic (exact) mass is 274 g/mol. The predicted molar refractivity (Wildman–Crippen MR) is 73.9 cm³/mol. The summed E-state index contributed by atoms with van der Waals surface area (Å²) in [7, 11) is 0. The molecule has 0 bridgehead atoms. The second-order valence-electron chi connectivity index (χ2n) is 4.45. The van der Waals surface area contributed by atoms with Crippen LogP contribution in [-0.2, 0) is 11.2 Å². The number of hydrogen-bond acceptors (Lipinski definition) is 3. The molecule has 1 aromatic heterocycles. The number of nitrogens with one attached hydrogen (secondary N) is 2. The van der Waals surface area contributed by atoms with Crippen LogP contribution in [0.3, 0.4) is 0 Å². The highest BCUT2D eigenvalue weighted by Gasteiger charge is 2.19. The summed E-state index contributed by atoms with van der Waals surface area (Å²) in [6.07, 6.45) is 2.59. The molecule has 3 nitrogen and oxygen atoms in total. The highest BCUT2D eigenvalue weighted by Crippen LogP contribution is 2.10. The van der Waals surface area contributed by atoms with Gasteiger partial charge in [-0.15, -0.1) is 12.4 Å². The number of hydrogen-bond donors (Lipinski definition) is 2. The normalized spacial score (nSPS) is 23.8. The number of carbonyl (C=O) groups is 1. The smallest absolute Gasteiger partial charge is 0.224 e. The van der Waals surface area contributed by atoms with Gasteiger partial charge in [-0.3, -0.25) is 4.79 Å². The third-order valence-electron chi connectivity index (χ3n) is 2.93. The summed E-state index contributed by atoms with van der Waals surface area (Å²) in [4.78, 5) is 11.8. The van der Waals surface area contributed by atoms with E-state index in [0.29, 0.717) is 18.5 Å². The van der Waals surface area contributed by atoms with E-state index in [2.05, 4.69) is 17.6 Å². The Bertz CT molecular complexity index is 342. The molecule has 1 aliphatic rings. The molecule has 2 N–H and O–H groups in total. The number of amides is 1. The average molecular weight is 275 g/mol. The van der Waals surface area contributed by atoms with Crippen molar-refractivity contribution in [2.45, 2.75) is 38.3 Å². The standard InChI is InChI=1S/C12H18N2OS.ClH/c1-9-6-11(2-4-13-9)14-12(15)7-10-3-5-16-8-10;/h3,5,8-9,11,13H,2,4,6-7H2,1H3,(H,14,15);1H. The van der Waals surface area contributed by atoms with Crippen molar-refractivity contribution in [3.05, 3.63) is 22.4 Å². The summed E-state index contributed by atoms with van der Waals surface area (Å²) in [5.74, 6) is 0.150. The lowest BCUT2D eigenvalue weighted by atomic mass is 10.0. The minimum absolute atomic E-state index is 0. The summed E-state index contributed by atoms with van der Waals surface area (Å²) in [6.45, 7) is 3.17. The number of rotatable bonds is 3. The van der Waals surface area contributed by atoms with E-state index in [1.807, 2.05) is 16.8 Å². The van der Waals surface area contributed by atoms with Crippen molar-refractivity contribution in [3.63, 3.8) is 0 Å². The number of thiophene rings is 1.